The molecule has 31 heavy (non-hydrogen) atoms. The summed E-state index contributed by atoms with van der Waals surface area (Å²) in [6.45, 7) is 5.37. The van der Waals surface area contributed by atoms with Crippen molar-refractivity contribution in [2.24, 2.45) is 0 Å². The van der Waals surface area contributed by atoms with Crippen LogP contribution in [0.15, 0.2) is 55.1 Å². The van der Waals surface area contributed by atoms with Crippen LogP contribution >= 0.6 is 0 Å². The molecule has 2 atom stereocenters. The minimum atomic E-state index is -1.57. The molecule has 1 N–H and O–H groups in total. The standard InChI is InChI=1S/C23H21F2N3O3/c1-3-12-27-21(30)16-6-4-5-7-19(16)28-20(29)10-11-23(27,28)22(31)26-14(2)15-8-9-17(24)18(25)13-15/h3-9,13-14H,1,10-12H2,2H3,(H,26,31). The number of para-hydroxylation sites is 1. The highest BCUT2D eigenvalue weighted by Crippen LogP contribution is 2.44. The summed E-state index contributed by atoms with van der Waals surface area (Å²) < 4.78 is 27.0. The molecule has 2 aromatic rings. The molecule has 0 aromatic heterocycles. The molecule has 2 unspecified atom stereocenters. The van der Waals surface area contributed by atoms with Gasteiger partial charge in [0.15, 0.2) is 11.6 Å². The van der Waals surface area contributed by atoms with Crippen LogP contribution in [-0.2, 0) is 9.59 Å². The van der Waals surface area contributed by atoms with Crippen LogP contribution in [0.3, 0.4) is 0 Å². The lowest BCUT2D eigenvalue weighted by molar-refractivity contribution is -0.134. The lowest BCUT2D eigenvalue weighted by Gasteiger charge is -2.49. The van der Waals surface area contributed by atoms with E-state index in [9.17, 15) is 23.2 Å². The SMILES string of the molecule is C=CCN1C(=O)c2ccccc2N2C(=O)CCC12C(=O)NC(C)c1ccc(F)c(F)c1. The van der Waals surface area contributed by atoms with E-state index in [2.05, 4.69) is 11.9 Å². The summed E-state index contributed by atoms with van der Waals surface area (Å²) in [4.78, 5) is 42.5. The predicted octanol–water partition coefficient (Wildman–Crippen LogP) is 3.31. The Hall–Kier alpha value is -3.55. The van der Waals surface area contributed by atoms with Crippen LogP contribution in [0.4, 0.5) is 14.5 Å². The zero-order valence-corrected chi connectivity index (χ0v) is 16.9. The molecule has 0 saturated carbocycles. The monoisotopic (exact) mass is 425 g/mol. The van der Waals surface area contributed by atoms with E-state index in [0.29, 0.717) is 16.8 Å². The van der Waals surface area contributed by atoms with E-state index in [0.717, 1.165) is 12.1 Å². The van der Waals surface area contributed by atoms with Crippen LogP contribution in [0, 0.1) is 11.6 Å². The highest BCUT2D eigenvalue weighted by molar-refractivity contribution is 6.16. The second-order valence-electron chi connectivity index (χ2n) is 7.64. The molecule has 6 nitrogen and oxygen atoms in total. The zero-order chi connectivity index (χ0) is 22.3. The van der Waals surface area contributed by atoms with Crippen molar-refractivity contribution < 1.29 is 23.2 Å². The van der Waals surface area contributed by atoms with Gasteiger partial charge in [-0.05, 0) is 36.8 Å². The molecular weight excluding hydrogens is 404 g/mol. The van der Waals surface area contributed by atoms with Crippen molar-refractivity contribution in [3.63, 3.8) is 0 Å². The van der Waals surface area contributed by atoms with Gasteiger partial charge in [0.05, 0.1) is 17.3 Å². The summed E-state index contributed by atoms with van der Waals surface area (Å²) in [6.07, 6.45) is 1.69. The van der Waals surface area contributed by atoms with Crippen LogP contribution in [0.25, 0.3) is 0 Å². The van der Waals surface area contributed by atoms with E-state index in [1.165, 1.54) is 21.9 Å². The van der Waals surface area contributed by atoms with Crippen molar-refractivity contribution in [3.05, 3.63) is 77.9 Å². The molecule has 1 fully saturated rings. The first-order chi connectivity index (χ1) is 14.8. The first kappa shape index (κ1) is 20.7. The number of carbonyl (C=O) groups excluding carboxylic acids is 3. The fourth-order valence-electron chi connectivity index (χ4n) is 4.34. The lowest BCUT2D eigenvalue weighted by atomic mass is 9.94. The number of hydrogen-bond donors (Lipinski definition) is 1. The van der Waals surface area contributed by atoms with Gasteiger partial charge in [-0.1, -0.05) is 24.3 Å². The number of carbonyl (C=O) groups is 3. The molecular formula is C23H21F2N3O3. The maximum atomic E-state index is 13.7. The fourth-order valence-corrected chi connectivity index (χ4v) is 4.34. The molecule has 2 heterocycles. The van der Waals surface area contributed by atoms with Gasteiger partial charge in [0, 0.05) is 19.4 Å². The maximum Gasteiger partial charge on any atom is 0.267 e. The van der Waals surface area contributed by atoms with Crippen LogP contribution in [-0.4, -0.2) is 34.8 Å². The minimum absolute atomic E-state index is 0.0594. The van der Waals surface area contributed by atoms with Gasteiger partial charge in [0.2, 0.25) is 11.6 Å². The molecule has 2 aromatic carbocycles. The van der Waals surface area contributed by atoms with Gasteiger partial charge >= 0.3 is 0 Å². The van der Waals surface area contributed by atoms with Crippen molar-refractivity contribution in [2.75, 3.05) is 11.4 Å². The van der Waals surface area contributed by atoms with Gasteiger partial charge in [-0.25, -0.2) is 8.78 Å². The molecule has 3 amide bonds. The normalized spacial score (nSPS) is 20.9. The average molecular weight is 425 g/mol. The summed E-state index contributed by atoms with van der Waals surface area (Å²) in [6, 6.07) is 9.34. The quantitative estimate of drug-likeness (QED) is 0.748. The van der Waals surface area contributed by atoms with E-state index in [-0.39, 0.29) is 31.2 Å². The van der Waals surface area contributed by atoms with Crippen LogP contribution in [0.1, 0.15) is 41.7 Å². The number of halogens is 2. The molecule has 0 radical (unpaired) electrons. The largest absolute Gasteiger partial charge is 0.346 e. The number of nitrogens with one attached hydrogen (secondary N) is 1. The van der Waals surface area contributed by atoms with Crippen molar-refractivity contribution in [1.82, 2.24) is 10.2 Å². The number of hydrogen-bond acceptors (Lipinski definition) is 3. The van der Waals surface area contributed by atoms with Gasteiger partial charge in [-0.2, -0.15) is 0 Å². The number of benzene rings is 2. The third-order valence-corrected chi connectivity index (χ3v) is 5.84. The number of amides is 3. The van der Waals surface area contributed by atoms with Crippen molar-refractivity contribution >= 4 is 23.4 Å². The Labute approximate surface area is 178 Å². The molecule has 0 bridgehead atoms. The highest BCUT2D eigenvalue weighted by atomic mass is 19.2. The van der Waals surface area contributed by atoms with Crippen LogP contribution in [0.5, 0.6) is 0 Å². The lowest BCUT2D eigenvalue weighted by Crippen LogP contribution is -2.70. The second kappa shape index (κ2) is 7.61. The maximum absolute atomic E-state index is 13.7. The summed E-state index contributed by atoms with van der Waals surface area (Å²) >= 11 is 0. The third-order valence-electron chi connectivity index (χ3n) is 5.84. The number of anilines is 1. The van der Waals surface area contributed by atoms with E-state index in [1.54, 1.807) is 31.2 Å². The smallest absolute Gasteiger partial charge is 0.267 e. The van der Waals surface area contributed by atoms with Gasteiger partial charge in [-0.3, -0.25) is 19.3 Å². The summed E-state index contributed by atoms with van der Waals surface area (Å²) in [5.41, 5.74) is -0.497. The Morgan fingerprint density at radius 1 is 1.23 bits per heavy atom. The molecule has 2 aliphatic rings. The Bertz CT molecular complexity index is 1100. The molecule has 0 aliphatic carbocycles. The average Bonchev–Trinajstić information content (AvgIpc) is 3.11. The second-order valence-corrected chi connectivity index (χ2v) is 7.64. The zero-order valence-electron chi connectivity index (χ0n) is 16.9. The molecule has 0 spiro atoms. The van der Waals surface area contributed by atoms with Gasteiger partial charge < -0.3 is 10.2 Å². The third kappa shape index (κ3) is 3.10. The Morgan fingerprint density at radius 2 is 1.97 bits per heavy atom. The van der Waals surface area contributed by atoms with Gasteiger partial charge in [-0.15, -0.1) is 6.58 Å². The topological polar surface area (TPSA) is 69.7 Å². The molecule has 1 saturated heterocycles. The highest BCUT2D eigenvalue weighted by Gasteiger charge is 2.60. The summed E-state index contributed by atoms with van der Waals surface area (Å²) in [5.74, 6) is -3.23. The molecule has 4 rings (SSSR count). The van der Waals surface area contributed by atoms with Gasteiger partial charge in [0.25, 0.3) is 11.8 Å². The van der Waals surface area contributed by atoms with E-state index >= 15 is 0 Å². The van der Waals surface area contributed by atoms with E-state index < -0.39 is 29.2 Å². The Morgan fingerprint density at radius 3 is 2.68 bits per heavy atom. The predicted molar refractivity (Wildman–Crippen MR) is 110 cm³/mol. The van der Waals surface area contributed by atoms with Crippen molar-refractivity contribution in [3.8, 4) is 0 Å². The Balaban J connectivity index is 1.77. The number of nitrogens with zero attached hydrogens (tertiary/aromatic N) is 2. The van der Waals surface area contributed by atoms with Crippen molar-refractivity contribution in [1.29, 1.82) is 0 Å². The number of fused-ring (bicyclic) bond motifs is 3. The minimum Gasteiger partial charge on any atom is -0.346 e. The first-order valence-electron chi connectivity index (χ1n) is 9.92. The van der Waals surface area contributed by atoms with E-state index in [4.69, 9.17) is 0 Å². The number of rotatable bonds is 5. The van der Waals surface area contributed by atoms with Gasteiger partial charge in [0.1, 0.15) is 0 Å². The van der Waals surface area contributed by atoms with Crippen molar-refractivity contribution in [2.45, 2.75) is 31.5 Å². The molecule has 8 heteroatoms. The van der Waals surface area contributed by atoms with E-state index in [1.807, 2.05) is 0 Å². The van der Waals surface area contributed by atoms with Crippen LogP contribution < -0.4 is 10.2 Å². The molecule has 160 valence electrons. The Kier molecular flexibility index (Phi) is 5.08. The van der Waals surface area contributed by atoms with Crippen LogP contribution in [0.2, 0.25) is 0 Å². The fraction of sp³-hybridized carbons (Fsp3) is 0.261. The summed E-state index contributed by atoms with van der Waals surface area (Å²) in [7, 11) is 0. The first-order valence-corrected chi connectivity index (χ1v) is 9.92. The molecule has 2 aliphatic heterocycles. The summed E-state index contributed by atoms with van der Waals surface area (Å²) in [5, 5.41) is 2.78.